The van der Waals surface area contributed by atoms with Crippen LogP contribution < -0.4 is 0 Å². The Morgan fingerprint density at radius 2 is 0.570 bits per heavy atom. The number of benzene rings is 2. The Morgan fingerprint density at radius 3 is 0.949 bits per heavy atom. The van der Waals surface area contributed by atoms with Crippen LogP contribution in [0.25, 0.3) is 16.9 Å². The molecule has 0 aliphatic carbocycles. The third-order valence-corrected chi connectivity index (χ3v) is 18.5. The zero-order valence-electron chi connectivity index (χ0n) is 54.0. The van der Waals surface area contributed by atoms with E-state index < -0.39 is 0 Å². The van der Waals surface area contributed by atoms with E-state index in [2.05, 4.69) is 90.1 Å². The van der Waals surface area contributed by atoms with Crippen LogP contribution in [0.4, 0.5) is 0 Å². The summed E-state index contributed by atoms with van der Waals surface area (Å²) in [6.07, 6.45) is 72.5. The summed E-state index contributed by atoms with van der Waals surface area (Å²) in [6, 6.07) is 17.9. The van der Waals surface area contributed by atoms with Gasteiger partial charge in [0.15, 0.2) is 0 Å². The molecule has 0 saturated heterocycles. The predicted octanol–water partition coefficient (Wildman–Crippen LogP) is 27.5. The first-order valence-electron chi connectivity index (χ1n) is 35.6. The van der Waals surface area contributed by atoms with Gasteiger partial charge in [0.2, 0.25) is 11.4 Å². The zero-order chi connectivity index (χ0) is 56.7. The normalized spacial score (nSPS) is 12.7. The van der Waals surface area contributed by atoms with E-state index in [-0.39, 0.29) is 0 Å². The molecule has 1 heterocycles. The van der Waals surface area contributed by atoms with E-state index in [1.807, 2.05) is 14.4 Å². The summed E-state index contributed by atoms with van der Waals surface area (Å²) in [6.45, 7) is 13.6. The molecule has 1 aliphatic rings. The molecule has 2 aromatic rings. The van der Waals surface area contributed by atoms with Gasteiger partial charge in [-0.2, -0.15) is 0 Å². The van der Waals surface area contributed by atoms with Gasteiger partial charge >= 0.3 is 166 Å². The first kappa shape index (κ1) is 73.1. The molecule has 0 fully saturated rings. The minimum Gasteiger partial charge on any atom is -0.0654 e. The van der Waals surface area contributed by atoms with E-state index in [1.165, 1.54) is 327 Å². The molecule has 0 atom stereocenters. The fraction of sp³-hybridized carbons (Fsp3) is 0.789. The van der Waals surface area contributed by atoms with Crippen molar-refractivity contribution in [2.45, 2.75) is 386 Å². The summed E-state index contributed by atoms with van der Waals surface area (Å²) >= 11 is 2.05. The maximum absolute atomic E-state index is 11.8. The van der Waals surface area contributed by atoms with Crippen LogP contribution in [-0.2, 0) is 27.3 Å². The van der Waals surface area contributed by atoms with Crippen molar-refractivity contribution in [3.05, 3.63) is 87.5 Å². The number of aryl methyl sites for hydroxylation is 2. The maximum atomic E-state index is 11.8. The average Bonchev–Trinajstić information content (AvgIpc) is 4.04. The van der Waals surface area contributed by atoms with Gasteiger partial charge in [-0.3, -0.25) is 0 Å². The molecule has 79 heavy (non-hydrogen) atoms. The molecule has 458 valence electrons. The minimum absolute atomic E-state index is 1.01. The van der Waals surface area contributed by atoms with Gasteiger partial charge in [-0.05, 0) is 86.8 Å². The van der Waals surface area contributed by atoms with Gasteiger partial charge in [0.1, 0.15) is 0 Å². The number of hydrogen-bond acceptors (Lipinski definition) is 0. The minimum atomic E-state index is 1.01. The van der Waals surface area contributed by atoms with Crippen molar-refractivity contribution >= 4 is 11.4 Å². The quantitative estimate of drug-likeness (QED) is 0.0358. The molecule has 0 radical (unpaired) electrons. The van der Waals surface area contributed by atoms with Gasteiger partial charge < -0.3 is 5.53 Å². The van der Waals surface area contributed by atoms with Crippen molar-refractivity contribution < 1.29 is 19.1 Å². The first-order chi connectivity index (χ1) is 39.1. The van der Waals surface area contributed by atoms with E-state index in [0.717, 1.165) is 67.5 Å². The van der Waals surface area contributed by atoms with Crippen LogP contribution in [0.5, 0.6) is 0 Å². The van der Waals surface area contributed by atoms with Crippen molar-refractivity contribution in [2.24, 2.45) is 0 Å². The molecule has 0 unspecified atom stereocenters. The fourth-order valence-corrected chi connectivity index (χ4v) is 13.1. The average molecular weight is 1130 g/mol. The number of rotatable bonds is 56. The summed E-state index contributed by atoms with van der Waals surface area (Å²) < 4.78 is 1.54. The molecule has 0 amide bonds. The number of unbranched alkanes of at least 4 members (excludes halogenated alkanes) is 42. The zero-order valence-corrected chi connectivity index (χ0v) is 55.0. The summed E-state index contributed by atoms with van der Waals surface area (Å²) in [5.41, 5.74) is 21.5. The molecule has 0 N–H and O–H groups in total. The Balaban J connectivity index is 0.000000547. The van der Waals surface area contributed by atoms with Crippen molar-refractivity contribution in [3.8, 4) is 0 Å². The van der Waals surface area contributed by atoms with E-state index >= 15 is 0 Å². The molecule has 3 heteroatoms. The van der Waals surface area contributed by atoms with Crippen LogP contribution in [0.1, 0.15) is 385 Å². The Hall–Kier alpha value is -1.99. The molecule has 0 spiro atoms. The Kier molecular flexibility index (Phi) is 51.1. The van der Waals surface area contributed by atoms with Crippen LogP contribution in [0.15, 0.2) is 59.7 Å². The molecule has 0 bridgehead atoms. The van der Waals surface area contributed by atoms with Crippen molar-refractivity contribution in [2.75, 3.05) is 0 Å². The first-order valence-corrected chi connectivity index (χ1v) is 37.0. The van der Waals surface area contributed by atoms with Gasteiger partial charge in [0, 0.05) is 22.3 Å². The molecular formula is C76H134N2Ni. The monoisotopic (exact) mass is 1130 g/mol. The van der Waals surface area contributed by atoms with E-state index in [4.69, 9.17) is 0 Å². The topological polar surface area (TPSA) is 25.3 Å². The van der Waals surface area contributed by atoms with Crippen molar-refractivity contribution in [1.82, 2.24) is 0 Å². The van der Waals surface area contributed by atoms with Crippen LogP contribution in [0.2, 0.25) is 10.8 Å². The molecule has 0 aromatic heterocycles. The number of hydrogen-bond donors (Lipinski definition) is 0. The number of allylic oxidation sites excluding steroid dienone is 2. The van der Waals surface area contributed by atoms with Crippen LogP contribution in [-0.4, -0.2) is 4.70 Å². The summed E-state index contributed by atoms with van der Waals surface area (Å²) in [5, 5.41) is 2.87. The van der Waals surface area contributed by atoms with Crippen LogP contribution in [0, 0.1) is 0 Å². The molecular weight excluding hydrogens is 1000 g/mol. The van der Waals surface area contributed by atoms with Crippen LogP contribution >= 0.6 is 0 Å². The van der Waals surface area contributed by atoms with Gasteiger partial charge in [-0.1, -0.05) is 207 Å². The molecule has 3 rings (SSSR count). The fourth-order valence-electron chi connectivity index (χ4n) is 11.9. The van der Waals surface area contributed by atoms with Crippen LogP contribution in [0.3, 0.4) is 0 Å². The standard InChI is InChI=1S/C34H48N2.2C21H43.Ni/c1-5-9-13-17-27-22-24-29(25-23-27)33-32(21-14-10-6-2)31(20-12-8-4)34(36(33)35)30-19-15-18-28(26-30)16-11-7-3;2*1-3-5-7-9-11-13-15-17-19-21-20-18-16-14-12-10-8-6-4-2;/h15,18-19,22-26H,5-14,16-17,20-21H2,1-4H3;2*1,3-21H2,2H3;. The third kappa shape index (κ3) is 38.5. The van der Waals surface area contributed by atoms with E-state index in [0.29, 0.717) is 0 Å². The molecule has 2 nitrogen and oxygen atoms in total. The summed E-state index contributed by atoms with van der Waals surface area (Å²) in [7, 11) is 0. The second-order valence-corrected chi connectivity index (χ2v) is 26.2. The second kappa shape index (κ2) is 55.2. The number of nitrogens with zero attached hydrogens (tertiary/aromatic N) is 2. The Bertz CT molecular complexity index is 1680. The molecule has 1 aliphatic heterocycles. The van der Waals surface area contributed by atoms with Crippen molar-refractivity contribution in [1.29, 1.82) is 0 Å². The molecule has 2 aromatic carbocycles. The molecule has 0 saturated carbocycles. The SMILES string of the molecule is CCCCCC1=C(c2ccc(CCCCC)cc2)[N+](=[N-])C(c2cccc(CCCC)c2)=C1CCCC.CCCCCCCCCCCCCCCCCCCC[CH2][Ni][CH2]CCCCCCCCCCCCCCCCCCCC. The smallest absolute Gasteiger partial charge is 0.0654 e. The van der Waals surface area contributed by atoms with Gasteiger partial charge in [-0.25, -0.2) is 4.70 Å². The predicted molar refractivity (Wildman–Crippen MR) is 352 cm³/mol. The summed E-state index contributed by atoms with van der Waals surface area (Å²) in [4.78, 5) is 0. The second-order valence-electron chi connectivity index (χ2n) is 24.7. The van der Waals surface area contributed by atoms with Gasteiger partial charge in [-0.15, -0.1) is 0 Å². The van der Waals surface area contributed by atoms with E-state index in [9.17, 15) is 5.53 Å². The Morgan fingerprint density at radius 1 is 0.278 bits per heavy atom. The Labute approximate surface area is 501 Å². The summed E-state index contributed by atoms with van der Waals surface area (Å²) in [5.74, 6) is 0. The van der Waals surface area contributed by atoms with Crippen molar-refractivity contribution in [3.63, 3.8) is 0 Å². The third-order valence-electron chi connectivity index (χ3n) is 17.1. The van der Waals surface area contributed by atoms with E-state index in [1.54, 1.807) is 0 Å². The van der Waals surface area contributed by atoms with Gasteiger partial charge in [0.05, 0.1) is 0 Å². The van der Waals surface area contributed by atoms with Gasteiger partial charge in [0.25, 0.3) is 0 Å².